The van der Waals surface area contributed by atoms with Crippen LogP contribution in [0.2, 0.25) is 0 Å². The van der Waals surface area contributed by atoms with Gasteiger partial charge in [0.05, 0.1) is 5.49 Å². The quantitative estimate of drug-likeness (QED) is 0.752. The summed E-state index contributed by atoms with van der Waals surface area (Å²) in [5.41, 5.74) is 0.981. The van der Waals surface area contributed by atoms with Crippen LogP contribution in [0.4, 0.5) is 0 Å². The molecule has 60 valence electrons. The lowest BCUT2D eigenvalue weighted by atomic mass is 10.7. The molecule has 1 aromatic rings. The third kappa shape index (κ3) is 1.98. The van der Waals surface area contributed by atoms with Crippen LogP contribution in [0.1, 0.15) is 0 Å². The lowest BCUT2D eigenvalue weighted by Crippen LogP contribution is -2.19. The molecule has 0 fully saturated rings. The van der Waals surface area contributed by atoms with Gasteiger partial charge in [0.25, 0.3) is 10.0 Å². The molecular formula is C5H5NO2S3. The van der Waals surface area contributed by atoms with E-state index in [2.05, 4.69) is 16.9 Å². The Morgan fingerprint density at radius 3 is 2.82 bits per heavy atom. The van der Waals surface area contributed by atoms with Crippen LogP contribution in [0.25, 0.3) is 0 Å². The van der Waals surface area contributed by atoms with Gasteiger partial charge in [0.15, 0.2) is 0 Å². The average Bonchev–Trinajstić information content (AvgIpc) is 2.37. The number of rotatable bonds is 3. The molecule has 0 aliphatic heterocycles. The van der Waals surface area contributed by atoms with Crippen molar-refractivity contribution in [1.29, 1.82) is 0 Å². The van der Waals surface area contributed by atoms with Crippen molar-refractivity contribution in [2.45, 2.75) is 4.21 Å². The highest BCUT2D eigenvalue weighted by molar-refractivity contribution is 7.93. The zero-order chi connectivity index (χ0) is 8.32. The first kappa shape index (κ1) is 8.63. The van der Waals surface area contributed by atoms with Crippen LogP contribution in [0, 0.1) is 0 Å². The Morgan fingerprint density at radius 2 is 2.36 bits per heavy atom. The third-order valence-corrected chi connectivity index (χ3v) is 3.93. The molecule has 0 saturated heterocycles. The zero-order valence-electron chi connectivity index (χ0n) is 5.35. The summed E-state index contributed by atoms with van der Waals surface area (Å²) in [6, 6.07) is 3.19. The Hall–Kier alpha value is -0.460. The van der Waals surface area contributed by atoms with E-state index in [1.165, 1.54) is 6.07 Å². The highest BCUT2D eigenvalue weighted by Crippen LogP contribution is 2.14. The maximum atomic E-state index is 11.1. The fourth-order valence-corrected chi connectivity index (χ4v) is 2.68. The van der Waals surface area contributed by atoms with Crippen molar-refractivity contribution in [3.8, 4) is 0 Å². The SMILES string of the molecule is O=S(=O)(NC=S)c1cccs1. The largest absolute Gasteiger partial charge is 0.276 e. The lowest BCUT2D eigenvalue weighted by molar-refractivity contribution is 0.595. The maximum Gasteiger partial charge on any atom is 0.271 e. The molecule has 11 heavy (non-hydrogen) atoms. The van der Waals surface area contributed by atoms with Gasteiger partial charge in [-0.2, -0.15) is 0 Å². The predicted octanol–water partition coefficient (Wildman–Crippen LogP) is 0.984. The van der Waals surface area contributed by atoms with Crippen LogP contribution in [0.5, 0.6) is 0 Å². The van der Waals surface area contributed by atoms with Gasteiger partial charge >= 0.3 is 0 Å². The Kier molecular flexibility index (Phi) is 2.58. The standard InChI is InChI=1S/C5H5NO2S3/c7-11(8,6-4-9)5-2-1-3-10-5/h1-4H,(H,6,9). The summed E-state index contributed by atoms with van der Waals surface area (Å²) in [5, 5.41) is 1.69. The predicted molar refractivity (Wildman–Crippen MR) is 48.3 cm³/mol. The van der Waals surface area contributed by atoms with Gasteiger partial charge in [-0.3, -0.25) is 4.72 Å². The Labute approximate surface area is 74.1 Å². The van der Waals surface area contributed by atoms with Crippen molar-refractivity contribution in [2.24, 2.45) is 0 Å². The van der Waals surface area contributed by atoms with E-state index >= 15 is 0 Å². The van der Waals surface area contributed by atoms with Gasteiger partial charge in [0, 0.05) is 0 Å². The van der Waals surface area contributed by atoms with Gasteiger partial charge in [-0.15, -0.1) is 11.3 Å². The molecule has 0 aromatic carbocycles. The molecular weight excluding hydrogens is 202 g/mol. The number of sulfonamides is 1. The van der Waals surface area contributed by atoms with Crippen LogP contribution in [0.3, 0.4) is 0 Å². The smallest absolute Gasteiger partial charge is 0.271 e. The van der Waals surface area contributed by atoms with E-state index in [9.17, 15) is 8.42 Å². The second-order valence-electron chi connectivity index (χ2n) is 1.67. The van der Waals surface area contributed by atoms with Crippen LogP contribution in [0.15, 0.2) is 21.7 Å². The van der Waals surface area contributed by atoms with Gasteiger partial charge in [0.2, 0.25) is 0 Å². The van der Waals surface area contributed by atoms with Gasteiger partial charge in [0.1, 0.15) is 4.21 Å². The van der Waals surface area contributed by atoms with E-state index < -0.39 is 10.0 Å². The summed E-state index contributed by atoms with van der Waals surface area (Å²) in [5.74, 6) is 0. The van der Waals surface area contributed by atoms with Gasteiger partial charge in [-0.05, 0) is 11.4 Å². The molecule has 6 heteroatoms. The third-order valence-electron chi connectivity index (χ3n) is 0.963. The zero-order valence-corrected chi connectivity index (χ0v) is 7.80. The van der Waals surface area contributed by atoms with Crippen molar-refractivity contribution in [1.82, 2.24) is 4.72 Å². The summed E-state index contributed by atoms with van der Waals surface area (Å²) in [7, 11) is -3.36. The second-order valence-corrected chi connectivity index (χ2v) is 4.80. The Bertz CT molecular complexity index is 327. The monoisotopic (exact) mass is 207 g/mol. The number of hydrogen-bond donors (Lipinski definition) is 1. The number of hydrogen-bond acceptors (Lipinski definition) is 4. The fraction of sp³-hybridized carbons (Fsp3) is 0. The summed E-state index contributed by atoms with van der Waals surface area (Å²) in [4.78, 5) is 0. The molecule has 0 atom stereocenters. The fourth-order valence-electron chi connectivity index (χ4n) is 0.538. The van der Waals surface area contributed by atoms with Crippen molar-refractivity contribution in [2.75, 3.05) is 0 Å². The van der Waals surface area contributed by atoms with Crippen molar-refractivity contribution < 1.29 is 8.42 Å². The lowest BCUT2D eigenvalue weighted by Gasteiger charge is -1.96. The van der Waals surface area contributed by atoms with Crippen LogP contribution in [-0.2, 0) is 10.0 Å². The van der Waals surface area contributed by atoms with Crippen molar-refractivity contribution in [3.05, 3.63) is 17.5 Å². The molecule has 0 amide bonds. The van der Waals surface area contributed by atoms with E-state index in [0.29, 0.717) is 0 Å². The van der Waals surface area contributed by atoms with E-state index in [-0.39, 0.29) is 4.21 Å². The number of thiophene rings is 1. The van der Waals surface area contributed by atoms with Gasteiger partial charge in [-0.1, -0.05) is 18.3 Å². The summed E-state index contributed by atoms with van der Waals surface area (Å²) in [6.45, 7) is 0. The highest BCUT2D eigenvalue weighted by atomic mass is 32.2. The minimum atomic E-state index is -3.36. The minimum absolute atomic E-state index is 0.276. The minimum Gasteiger partial charge on any atom is -0.276 e. The second kappa shape index (κ2) is 3.29. The first-order valence-electron chi connectivity index (χ1n) is 2.66. The maximum absolute atomic E-state index is 11.1. The molecule has 1 aromatic heterocycles. The van der Waals surface area contributed by atoms with Crippen LogP contribution >= 0.6 is 23.6 Å². The molecule has 3 nitrogen and oxygen atoms in total. The summed E-state index contributed by atoms with van der Waals surface area (Å²) < 4.78 is 24.6. The molecule has 0 unspecified atom stereocenters. The molecule has 0 spiro atoms. The topological polar surface area (TPSA) is 46.2 Å². The molecule has 1 N–H and O–H groups in total. The molecule has 1 heterocycles. The number of thiocarbonyl (C=S) groups is 1. The molecule has 0 radical (unpaired) electrons. The highest BCUT2D eigenvalue weighted by Gasteiger charge is 2.11. The van der Waals surface area contributed by atoms with Crippen molar-refractivity contribution in [3.63, 3.8) is 0 Å². The molecule has 1 rings (SSSR count). The summed E-state index contributed by atoms with van der Waals surface area (Å²) >= 11 is 5.52. The van der Waals surface area contributed by atoms with E-state index in [1.807, 2.05) is 0 Å². The summed E-state index contributed by atoms with van der Waals surface area (Å²) in [6.07, 6.45) is 0. The van der Waals surface area contributed by atoms with E-state index in [0.717, 1.165) is 16.8 Å². The van der Waals surface area contributed by atoms with E-state index in [4.69, 9.17) is 0 Å². The van der Waals surface area contributed by atoms with Gasteiger partial charge in [-0.25, -0.2) is 8.42 Å². The molecule has 0 saturated carbocycles. The Balaban J connectivity index is 3.01. The number of nitrogens with one attached hydrogen (secondary N) is 1. The molecule has 0 aliphatic rings. The van der Waals surface area contributed by atoms with E-state index in [1.54, 1.807) is 11.4 Å². The Morgan fingerprint density at radius 1 is 1.64 bits per heavy atom. The first-order chi connectivity index (χ1) is 5.17. The van der Waals surface area contributed by atoms with Crippen molar-refractivity contribution >= 4 is 39.1 Å². The molecule has 0 bridgehead atoms. The average molecular weight is 207 g/mol. The van der Waals surface area contributed by atoms with Gasteiger partial charge < -0.3 is 0 Å². The normalized spacial score (nSPS) is 10.9. The van der Waals surface area contributed by atoms with Crippen LogP contribution in [-0.4, -0.2) is 13.9 Å². The first-order valence-corrected chi connectivity index (χ1v) is 5.50. The molecule has 0 aliphatic carbocycles. The van der Waals surface area contributed by atoms with Crippen LogP contribution < -0.4 is 4.72 Å².